The van der Waals surface area contributed by atoms with Crippen LogP contribution in [0.1, 0.15) is 13.8 Å². The lowest BCUT2D eigenvalue weighted by Gasteiger charge is -2.13. The third-order valence-corrected chi connectivity index (χ3v) is 2.37. The van der Waals surface area contributed by atoms with E-state index in [2.05, 4.69) is 5.32 Å². The van der Waals surface area contributed by atoms with Crippen LogP contribution in [0.4, 0.5) is 10.5 Å². The predicted molar refractivity (Wildman–Crippen MR) is 71.0 cm³/mol. The Morgan fingerprint density at radius 1 is 1.17 bits per heavy atom. The Morgan fingerprint density at radius 3 is 2.50 bits per heavy atom. The molecule has 0 spiro atoms. The highest BCUT2D eigenvalue weighted by molar-refractivity contribution is 5.87. The summed E-state index contributed by atoms with van der Waals surface area (Å²) in [6.07, 6.45) is 3.27. The van der Waals surface area contributed by atoms with Crippen molar-refractivity contribution in [2.75, 3.05) is 5.32 Å². The molecule has 1 aromatic carbocycles. The molecule has 4 nitrogen and oxygen atoms in total. The fourth-order valence-corrected chi connectivity index (χ4v) is 1.65. The second kappa shape index (κ2) is 5.40. The molecule has 0 aliphatic carbocycles. The topological polar surface area (TPSA) is 43.3 Å². The zero-order valence-electron chi connectivity index (χ0n) is 10.5. The summed E-state index contributed by atoms with van der Waals surface area (Å²) < 4.78 is 7.00. The summed E-state index contributed by atoms with van der Waals surface area (Å²) in [6, 6.07) is 11.4. The molecule has 18 heavy (non-hydrogen) atoms. The standard InChI is InChI=1S/C14H16N2O2/c1-11(2)18-14(17)15-12-7-3-4-8-13(12)16-9-5-6-10-16/h3-11H,1-2H3,(H,15,17). The van der Waals surface area contributed by atoms with Gasteiger partial charge in [-0.05, 0) is 38.1 Å². The van der Waals surface area contributed by atoms with E-state index in [4.69, 9.17) is 4.74 Å². The highest BCUT2D eigenvalue weighted by Gasteiger charge is 2.09. The van der Waals surface area contributed by atoms with Crippen LogP contribution < -0.4 is 5.32 Å². The Kier molecular flexibility index (Phi) is 3.67. The van der Waals surface area contributed by atoms with Crippen molar-refractivity contribution in [2.45, 2.75) is 20.0 Å². The van der Waals surface area contributed by atoms with Crippen LogP contribution in [0.5, 0.6) is 0 Å². The zero-order valence-corrected chi connectivity index (χ0v) is 10.5. The number of amides is 1. The third-order valence-electron chi connectivity index (χ3n) is 2.37. The number of carbonyl (C=O) groups excluding carboxylic acids is 1. The molecule has 0 bridgehead atoms. The highest BCUT2D eigenvalue weighted by Crippen LogP contribution is 2.20. The lowest BCUT2D eigenvalue weighted by molar-refractivity contribution is 0.130. The van der Waals surface area contributed by atoms with E-state index in [0.29, 0.717) is 0 Å². The number of nitrogens with zero attached hydrogens (tertiary/aromatic N) is 1. The Hall–Kier alpha value is -2.23. The molecule has 1 amide bonds. The summed E-state index contributed by atoms with van der Waals surface area (Å²) in [7, 11) is 0. The van der Waals surface area contributed by atoms with E-state index in [1.807, 2.05) is 67.2 Å². The van der Waals surface area contributed by atoms with Crippen molar-refractivity contribution in [3.05, 3.63) is 48.8 Å². The lowest BCUT2D eigenvalue weighted by atomic mass is 10.2. The molecule has 0 saturated heterocycles. The number of nitrogens with one attached hydrogen (secondary N) is 1. The number of aromatic nitrogens is 1. The van der Waals surface area contributed by atoms with E-state index >= 15 is 0 Å². The number of benzene rings is 1. The first-order valence-corrected chi connectivity index (χ1v) is 5.87. The first kappa shape index (κ1) is 12.2. The second-order valence-electron chi connectivity index (χ2n) is 4.19. The molecule has 0 saturated carbocycles. The van der Waals surface area contributed by atoms with Gasteiger partial charge in [0.1, 0.15) is 0 Å². The number of ether oxygens (including phenoxy) is 1. The van der Waals surface area contributed by atoms with Crippen LogP contribution >= 0.6 is 0 Å². The number of hydrogen-bond acceptors (Lipinski definition) is 2. The van der Waals surface area contributed by atoms with Crippen molar-refractivity contribution in [2.24, 2.45) is 0 Å². The van der Waals surface area contributed by atoms with Gasteiger partial charge in [0.05, 0.1) is 17.5 Å². The van der Waals surface area contributed by atoms with Gasteiger partial charge in [0.15, 0.2) is 0 Å². The fourth-order valence-electron chi connectivity index (χ4n) is 1.65. The Bertz CT molecular complexity index is 518. The summed E-state index contributed by atoms with van der Waals surface area (Å²) in [5.74, 6) is 0. The van der Waals surface area contributed by atoms with Gasteiger partial charge in [-0.1, -0.05) is 12.1 Å². The number of para-hydroxylation sites is 2. The van der Waals surface area contributed by atoms with Crippen LogP contribution in [-0.2, 0) is 4.74 Å². The van der Waals surface area contributed by atoms with Gasteiger partial charge in [0.25, 0.3) is 0 Å². The van der Waals surface area contributed by atoms with E-state index in [1.165, 1.54) is 0 Å². The third kappa shape index (κ3) is 2.91. The monoisotopic (exact) mass is 244 g/mol. The first-order valence-electron chi connectivity index (χ1n) is 5.87. The van der Waals surface area contributed by atoms with Gasteiger partial charge < -0.3 is 9.30 Å². The Morgan fingerprint density at radius 2 is 1.83 bits per heavy atom. The molecule has 0 atom stereocenters. The maximum Gasteiger partial charge on any atom is 0.411 e. The zero-order chi connectivity index (χ0) is 13.0. The quantitative estimate of drug-likeness (QED) is 0.898. The van der Waals surface area contributed by atoms with Crippen molar-refractivity contribution in [1.29, 1.82) is 0 Å². The summed E-state index contributed by atoms with van der Waals surface area (Å²) >= 11 is 0. The van der Waals surface area contributed by atoms with E-state index in [-0.39, 0.29) is 6.10 Å². The van der Waals surface area contributed by atoms with Crippen LogP contribution in [0.2, 0.25) is 0 Å². The van der Waals surface area contributed by atoms with Crippen molar-refractivity contribution in [1.82, 2.24) is 4.57 Å². The average molecular weight is 244 g/mol. The minimum absolute atomic E-state index is 0.135. The molecule has 0 aliphatic heterocycles. The van der Waals surface area contributed by atoms with Crippen molar-refractivity contribution < 1.29 is 9.53 Å². The van der Waals surface area contributed by atoms with Crippen molar-refractivity contribution >= 4 is 11.8 Å². The van der Waals surface area contributed by atoms with Gasteiger partial charge in [-0.15, -0.1) is 0 Å². The molecule has 1 aromatic heterocycles. The maximum atomic E-state index is 11.6. The number of rotatable bonds is 3. The SMILES string of the molecule is CC(C)OC(=O)Nc1ccccc1-n1cccc1. The van der Waals surface area contributed by atoms with Gasteiger partial charge in [-0.3, -0.25) is 5.32 Å². The molecule has 1 N–H and O–H groups in total. The van der Waals surface area contributed by atoms with Crippen LogP contribution in [0, 0.1) is 0 Å². The Labute approximate surface area is 106 Å². The molecule has 1 heterocycles. The van der Waals surface area contributed by atoms with Gasteiger partial charge in [0.2, 0.25) is 0 Å². The van der Waals surface area contributed by atoms with Crippen molar-refractivity contribution in [3.63, 3.8) is 0 Å². The van der Waals surface area contributed by atoms with Crippen LogP contribution in [0.25, 0.3) is 5.69 Å². The molecular formula is C14H16N2O2. The molecular weight excluding hydrogens is 228 g/mol. The molecule has 0 fully saturated rings. The second-order valence-corrected chi connectivity index (χ2v) is 4.19. The minimum atomic E-state index is -0.440. The van der Waals surface area contributed by atoms with E-state index < -0.39 is 6.09 Å². The smallest absolute Gasteiger partial charge is 0.411 e. The molecule has 4 heteroatoms. The molecule has 2 aromatic rings. The van der Waals surface area contributed by atoms with E-state index in [1.54, 1.807) is 0 Å². The molecule has 2 rings (SSSR count). The predicted octanol–water partition coefficient (Wildman–Crippen LogP) is 3.43. The van der Waals surface area contributed by atoms with Gasteiger partial charge in [-0.25, -0.2) is 4.79 Å². The number of anilines is 1. The maximum absolute atomic E-state index is 11.6. The lowest BCUT2D eigenvalue weighted by Crippen LogP contribution is -2.18. The highest BCUT2D eigenvalue weighted by atomic mass is 16.6. The molecule has 0 unspecified atom stereocenters. The largest absolute Gasteiger partial charge is 0.447 e. The Balaban J connectivity index is 2.21. The van der Waals surface area contributed by atoms with Gasteiger partial charge in [0, 0.05) is 12.4 Å². The summed E-state index contributed by atoms with van der Waals surface area (Å²) in [5, 5.41) is 2.75. The average Bonchev–Trinajstić information content (AvgIpc) is 2.81. The van der Waals surface area contributed by atoms with Crippen LogP contribution in [-0.4, -0.2) is 16.8 Å². The first-order chi connectivity index (χ1) is 8.66. The van der Waals surface area contributed by atoms with Crippen molar-refractivity contribution in [3.8, 4) is 5.69 Å². The van der Waals surface area contributed by atoms with Crippen LogP contribution in [0.3, 0.4) is 0 Å². The molecule has 0 aliphatic rings. The van der Waals surface area contributed by atoms with E-state index in [0.717, 1.165) is 11.4 Å². The van der Waals surface area contributed by atoms with Gasteiger partial charge in [-0.2, -0.15) is 0 Å². The summed E-state index contributed by atoms with van der Waals surface area (Å²) in [6.45, 7) is 3.63. The van der Waals surface area contributed by atoms with E-state index in [9.17, 15) is 4.79 Å². The molecule has 0 radical (unpaired) electrons. The number of hydrogen-bond donors (Lipinski definition) is 1. The minimum Gasteiger partial charge on any atom is -0.447 e. The normalized spacial score (nSPS) is 10.4. The number of carbonyl (C=O) groups is 1. The fraction of sp³-hybridized carbons (Fsp3) is 0.214. The summed E-state index contributed by atoms with van der Waals surface area (Å²) in [4.78, 5) is 11.6. The molecule has 94 valence electrons. The van der Waals surface area contributed by atoms with Crippen LogP contribution in [0.15, 0.2) is 48.8 Å². The van der Waals surface area contributed by atoms with Gasteiger partial charge >= 0.3 is 6.09 Å². The summed E-state index contributed by atoms with van der Waals surface area (Å²) in [5.41, 5.74) is 1.63.